The molecule has 21 heavy (non-hydrogen) atoms. The predicted octanol–water partition coefficient (Wildman–Crippen LogP) is 3.89. The number of ether oxygens (including phenoxy) is 2. The summed E-state index contributed by atoms with van der Waals surface area (Å²) in [6.45, 7) is 2.52. The van der Waals surface area contributed by atoms with E-state index >= 15 is 0 Å². The highest BCUT2D eigenvalue weighted by molar-refractivity contribution is 5.26. The Morgan fingerprint density at radius 1 is 1.05 bits per heavy atom. The molecule has 3 aliphatic heterocycles. The molecule has 0 radical (unpaired) electrons. The highest BCUT2D eigenvalue weighted by Gasteiger charge is 2.62. The van der Waals surface area contributed by atoms with Crippen LogP contribution in [0.25, 0.3) is 0 Å². The molecule has 0 aliphatic carbocycles. The van der Waals surface area contributed by atoms with Crippen LogP contribution in [0.1, 0.15) is 44.3 Å². The largest absolute Gasteiger partial charge is 0.373 e. The lowest BCUT2D eigenvalue weighted by Gasteiger charge is -2.42. The summed E-state index contributed by atoms with van der Waals surface area (Å²) in [5, 5.41) is 0. The van der Waals surface area contributed by atoms with Crippen molar-refractivity contribution in [3.8, 4) is 0 Å². The van der Waals surface area contributed by atoms with E-state index in [9.17, 15) is 13.2 Å². The van der Waals surface area contributed by atoms with Gasteiger partial charge in [0.2, 0.25) is 0 Å². The third-order valence-electron chi connectivity index (χ3n) is 5.39. The van der Waals surface area contributed by atoms with Crippen LogP contribution in [0, 0.1) is 23.4 Å². The number of halogens is 3. The van der Waals surface area contributed by atoms with Crippen LogP contribution >= 0.6 is 0 Å². The van der Waals surface area contributed by atoms with E-state index in [1.54, 1.807) is 0 Å². The van der Waals surface area contributed by atoms with Crippen LogP contribution in [0.5, 0.6) is 0 Å². The lowest BCUT2D eigenvalue weighted by atomic mass is 9.68. The van der Waals surface area contributed by atoms with E-state index in [1.165, 1.54) is 0 Å². The van der Waals surface area contributed by atoms with Crippen LogP contribution in [0.3, 0.4) is 0 Å². The molecule has 3 fully saturated rings. The Morgan fingerprint density at radius 2 is 1.81 bits per heavy atom. The standard InChI is InChI=1S/C16H17F3O2/c1-15-2-3-16(21-15)4-5-20-14(10(16)8-15)9-6-12(18)13(19)7-11(9)17/h6-7,10,14H,2-5,8H2,1H3/t10-,14-,15+,16+/m1/s1. The molecular weight excluding hydrogens is 281 g/mol. The second-order valence-electron chi connectivity index (χ2n) is 6.76. The molecule has 4 atom stereocenters. The number of fused-ring (bicyclic) bond motifs is 1. The van der Waals surface area contributed by atoms with Crippen LogP contribution < -0.4 is 0 Å². The van der Waals surface area contributed by atoms with Gasteiger partial charge in [-0.05, 0) is 32.3 Å². The molecule has 2 nitrogen and oxygen atoms in total. The SMILES string of the molecule is C[C@]12CC[C@@]3(CCO[C@H](c4cc(F)c(F)cc4F)[C@H]3C1)O2. The molecular formula is C16H17F3O2. The maximum absolute atomic E-state index is 14.1. The van der Waals surface area contributed by atoms with Gasteiger partial charge in [-0.3, -0.25) is 0 Å². The molecule has 5 heteroatoms. The Morgan fingerprint density at radius 3 is 2.57 bits per heavy atom. The number of benzene rings is 1. The molecule has 2 bridgehead atoms. The average Bonchev–Trinajstić information content (AvgIpc) is 2.91. The third-order valence-corrected chi connectivity index (χ3v) is 5.39. The van der Waals surface area contributed by atoms with Gasteiger partial charge in [-0.2, -0.15) is 0 Å². The van der Waals surface area contributed by atoms with Gasteiger partial charge >= 0.3 is 0 Å². The summed E-state index contributed by atoms with van der Waals surface area (Å²) >= 11 is 0. The molecule has 0 saturated carbocycles. The van der Waals surface area contributed by atoms with E-state index in [0.717, 1.165) is 31.7 Å². The Balaban J connectivity index is 1.75. The molecule has 1 aromatic rings. The molecule has 0 N–H and O–H groups in total. The van der Waals surface area contributed by atoms with Gasteiger partial charge in [0.25, 0.3) is 0 Å². The summed E-state index contributed by atoms with van der Waals surface area (Å²) in [5.41, 5.74) is -0.363. The predicted molar refractivity (Wildman–Crippen MR) is 69.2 cm³/mol. The molecule has 1 spiro atoms. The van der Waals surface area contributed by atoms with Gasteiger partial charge in [0.05, 0.1) is 23.9 Å². The van der Waals surface area contributed by atoms with Crippen molar-refractivity contribution in [3.05, 3.63) is 35.1 Å². The summed E-state index contributed by atoms with van der Waals surface area (Å²) in [6, 6.07) is 1.54. The highest BCUT2D eigenvalue weighted by Crippen LogP contribution is 2.61. The van der Waals surface area contributed by atoms with Crippen molar-refractivity contribution in [2.24, 2.45) is 5.92 Å². The first-order chi connectivity index (χ1) is 9.92. The maximum atomic E-state index is 14.1. The second kappa shape index (κ2) is 4.23. The summed E-state index contributed by atoms with van der Waals surface area (Å²) in [5.74, 6) is -2.95. The topological polar surface area (TPSA) is 18.5 Å². The van der Waals surface area contributed by atoms with E-state index in [4.69, 9.17) is 9.47 Å². The fraction of sp³-hybridized carbons (Fsp3) is 0.625. The lowest BCUT2D eigenvalue weighted by Crippen LogP contribution is -2.44. The average molecular weight is 298 g/mol. The smallest absolute Gasteiger partial charge is 0.161 e. The number of hydrogen-bond acceptors (Lipinski definition) is 2. The molecule has 0 amide bonds. The van der Waals surface area contributed by atoms with Crippen molar-refractivity contribution < 1.29 is 22.6 Å². The summed E-state index contributed by atoms with van der Waals surface area (Å²) in [4.78, 5) is 0. The normalized spacial score (nSPS) is 41.3. The molecule has 3 aliphatic rings. The molecule has 4 rings (SSSR count). The Kier molecular flexibility index (Phi) is 2.74. The van der Waals surface area contributed by atoms with Crippen LogP contribution in [0.2, 0.25) is 0 Å². The summed E-state index contributed by atoms with van der Waals surface area (Å²) in [6.07, 6.45) is 2.93. The molecule has 3 saturated heterocycles. The van der Waals surface area contributed by atoms with Gasteiger partial charge in [0, 0.05) is 24.0 Å². The van der Waals surface area contributed by atoms with Crippen LogP contribution in [0.15, 0.2) is 12.1 Å². The minimum Gasteiger partial charge on any atom is -0.373 e. The zero-order valence-electron chi connectivity index (χ0n) is 11.8. The van der Waals surface area contributed by atoms with E-state index in [2.05, 4.69) is 6.92 Å². The van der Waals surface area contributed by atoms with Crippen molar-refractivity contribution in [1.82, 2.24) is 0 Å². The zero-order valence-corrected chi connectivity index (χ0v) is 11.8. The number of rotatable bonds is 1. The fourth-order valence-electron chi connectivity index (χ4n) is 4.41. The Hall–Kier alpha value is -1.07. The quantitative estimate of drug-likeness (QED) is 0.732. The summed E-state index contributed by atoms with van der Waals surface area (Å²) < 4.78 is 52.7. The van der Waals surface area contributed by atoms with Crippen molar-refractivity contribution in [2.45, 2.75) is 49.9 Å². The molecule has 0 unspecified atom stereocenters. The van der Waals surface area contributed by atoms with Crippen molar-refractivity contribution in [2.75, 3.05) is 6.61 Å². The van der Waals surface area contributed by atoms with E-state index < -0.39 is 23.6 Å². The number of hydrogen-bond donors (Lipinski definition) is 0. The Bertz CT molecular complexity index is 601. The van der Waals surface area contributed by atoms with E-state index in [0.29, 0.717) is 12.7 Å². The molecule has 3 heterocycles. The molecule has 0 aromatic heterocycles. The molecule has 1 aromatic carbocycles. The van der Waals surface area contributed by atoms with E-state index in [-0.39, 0.29) is 22.7 Å². The highest BCUT2D eigenvalue weighted by atomic mass is 19.2. The van der Waals surface area contributed by atoms with Crippen molar-refractivity contribution in [3.63, 3.8) is 0 Å². The first-order valence-electron chi connectivity index (χ1n) is 7.39. The minimum absolute atomic E-state index is 0.00404. The van der Waals surface area contributed by atoms with Gasteiger partial charge in [-0.15, -0.1) is 0 Å². The first-order valence-corrected chi connectivity index (χ1v) is 7.39. The zero-order chi connectivity index (χ0) is 14.8. The van der Waals surface area contributed by atoms with Crippen molar-refractivity contribution >= 4 is 0 Å². The lowest BCUT2D eigenvalue weighted by molar-refractivity contribution is -0.138. The van der Waals surface area contributed by atoms with Crippen LogP contribution in [0.4, 0.5) is 13.2 Å². The van der Waals surface area contributed by atoms with Crippen LogP contribution in [-0.2, 0) is 9.47 Å². The van der Waals surface area contributed by atoms with Gasteiger partial charge in [0.1, 0.15) is 5.82 Å². The van der Waals surface area contributed by atoms with E-state index in [1.807, 2.05) is 0 Å². The Labute approximate surface area is 121 Å². The minimum atomic E-state index is -1.17. The third kappa shape index (κ3) is 1.87. The maximum Gasteiger partial charge on any atom is 0.161 e. The monoisotopic (exact) mass is 298 g/mol. The van der Waals surface area contributed by atoms with Crippen LogP contribution in [-0.4, -0.2) is 17.8 Å². The van der Waals surface area contributed by atoms with Gasteiger partial charge in [-0.1, -0.05) is 0 Å². The van der Waals surface area contributed by atoms with Gasteiger partial charge < -0.3 is 9.47 Å². The summed E-state index contributed by atoms with van der Waals surface area (Å²) in [7, 11) is 0. The second-order valence-corrected chi connectivity index (χ2v) is 6.76. The van der Waals surface area contributed by atoms with Crippen molar-refractivity contribution in [1.29, 1.82) is 0 Å². The molecule has 114 valence electrons. The first kappa shape index (κ1) is 13.6. The van der Waals surface area contributed by atoms with Gasteiger partial charge in [-0.25, -0.2) is 13.2 Å². The fourth-order valence-corrected chi connectivity index (χ4v) is 4.41. The van der Waals surface area contributed by atoms with Gasteiger partial charge in [0.15, 0.2) is 11.6 Å².